The number of benzene rings is 1. The van der Waals surface area contributed by atoms with Crippen LogP contribution in [0, 0.1) is 5.92 Å². The minimum Gasteiger partial charge on any atom is -0.339 e. The lowest BCUT2D eigenvalue weighted by molar-refractivity contribution is 0.0698. The average Bonchev–Trinajstić information content (AvgIpc) is 2.41. The van der Waals surface area contributed by atoms with Crippen LogP contribution in [0.5, 0.6) is 0 Å². The molecular formula is C13H14Cl3NO. The quantitative estimate of drug-likeness (QED) is 0.754. The zero-order valence-corrected chi connectivity index (χ0v) is 12.1. The molecule has 0 bridgehead atoms. The largest absolute Gasteiger partial charge is 0.339 e. The Balaban J connectivity index is 2.10. The average molecular weight is 307 g/mol. The standard InChI is InChI=1S/C13H14Cl3NO/c14-8-9-3-5-17(6-4-9)13(18)11-7-10(15)1-2-12(11)16/h1-2,7,9H,3-6,8H2. The van der Waals surface area contributed by atoms with Crippen LogP contribution in [0.4, 0.5) is 0 Å². The molecule has 2 nitrogen and oxygen atoms in total. The first-order valence-corrected chi connectivity index (χ1v) is 7.21. The Morgan fingerprint density at radius 1 is 1.28 bits per heavy atom. The summed E-state index contributed by atoms with van der Waals surface area (Å²) in [7, 11) is 0. The fourth-order valence-corrected chi connectivity index (χ4v) is 2.80. The summed E-state index contributed by atoms with van der Waals surface area (Å²) >= 11 is 17.8. The van der Waals surface area contributed by atoms with E-state index in [0.29, 0.717) is 27.4 Å². The van der Waals surface area contributed by atoms with Gasteiger partial charge < -0.3 is 4.90 Å². The second kappa shape index (κ2) is 6.14. The zero-order valence-electron chi connectivity index (χ0n) is 9.83. The number of halogens is 3. The highest BCUT2D eigenvalue weighted by molar-refractivity contribution is 6.35. The third-order valence-electron chi connectivity index (χ3n) is 3.28. The maximum absolute atomic E-state index is 12.3. The number of amides is 1. The van der Waals surface area contributed by atoms with E-state index in [9.17, 15) is 4.79 Å². The van der Waals surface area contributed by atoms with E-state index in [1.54, 1.807) is 18.2 Å². The summed E-state index contributed by atoms with van der Waals surface area (Å²) in [6.07, 6.45) is 1.90. The predicted octanol–water partition coefficient (Wildman–Crippen LogP) is 4.08. The molecule has 1 aliphatic rings. The Morgan fingerprint density at radius 2 is 1.94 bits per heavy atom. The van der Waals surface area contributed by atoms with Gasteiger partial charge in [0.2, 0.25) is 0 Å². The Morgan fingerprint density at radius 3 is 2.56 bits per heavy atom. The molecule has 1 aliphatic heterocycles. The second-order valence-electron chi connectivity index (χ2n) is 4.51. The van der Waals surface area contributed by atoms with Crippen molar-refractivity contribution in [3.63, 3.8) is 0 Å². The summed E-state index contributed by atoms with van der Waals surface area (Å²) in [6.45, 7) is 1.47. The molecule has 0 saturated carbocycles. The molecule has 1 amide bonds. The molecule has 0 radical (unpaired) electrons. The number of carbonyl (C=O) groups is 1. The van der Waals surface area contributed by atoms with Crippen molar-refractivity contribution in [2.75, 3.05) is 19.0 Å². The van der Waals surface area contributed by atoms with Gasteiger partial charge in [-0.3, -0.25) is 4.79 Å². The smallest absolute Gasteiger partial charge is 0.255 e. The van der Waals surface area contributed by atoms with Gasteiger partial charge in [0.15, 0.2) is 0 Å². The molecule has 0 N–H and O–H groups in total. The summed E-state index contributed by atoms with van der Waals surface area (Å²) in [5.74, 6) is 1.14. The molecule has 1 heterocycles. The van der Waals surface area contributed by atoms with E-state index in [0.717, 1.165) is 25.9 Å². The summed E-state index contributed by atoms with van der Waals surface area (Å²) in [6, 6.07) is 4.96. The van der Waals surface area contributed by atoms with Crippen LogP contribution in [-0.2, 0) is 0 Å². The van der Waals surface area contributed by atoms with Crippen molar-refractivity contribution in [2.45, 2.75) is 12.8 Å². The van der Waals surface area contributed by atoms with E-state index in [4.69, 9.17) is 34.8 Å². The summed E-state index contributed by atoms with van der Waals surface area (Å²) in [5.41, 5.74) is 0.480. The monoisotopic (exact) mass is 305 g/mol. The Hall–Kier alpha value is -0.440. The number of likely N-dealkylation sites (tertiary alicyclic amines) is 1. The molecule has 0 aromatic heterocycles. The molecule has 1 aromatic rings. The minimum absolute atomic E-state index is 0.0458. The van der Waals surface area contributed by atoms with Gasteiger partial charge in [0.1, 0.15) is 0 Å². The van der Waals surface area contributed by atoms with Crippen LogP contribution in [0.1, 0.15) is 23.2 Å². The van der Waals surface area contributed by atoms with Gasteiger partial charge in [0.05, 0.1) is 10.6 Å². The van der Waals surface area contributed by atoms with Crippen molar-refractivity contribution in [3.05, 3.63) is 33.8 Å². The van der Waals surface area contributed by atoms with E-state index in [-0.39, 0.29) is 5.91 Å². The minimum atomic E-state index is -0.0458. The molecular weight excluding hydrogens is 293 g/mol. The highest BCUT2D eigenvalue weighted by atomic mass is 35.5. The second-order valence-corrected chi connectivity index (χ2v) is 5.67. The van der Waals surface area contributed by atoms with Crippen LogP contribution >= 0.6 is 34.8 Å². The molecule has 0 aliphatic carbocycles. The molecule has 0 spiro atoms. The zero-order chi connectivity index (χ0) is 13.1. The number of piperidine rings is 1. The first-order valence-electron chi connectivity index (χ1n) is 5.92. The molecule has 0 atom stereocenters. The van der Waals surface area contributed by atoms with Crippen molar-refractivity contribution in [1.29, 1.82) is 0 Å². The third-order valence-corrected chi connectivity index (χ3v) is 4.28. The molecule has 1 fully saturated rings. The predicted molar refractivity (Wildman–Crippen MR) is 75.8 cm³/mol. The Kier molecular flexibility index (Phi) is 4.77. The summed E-state index contributed by atoms with van der Waals surface area (Å²) < 4.78 is 0. The van der Waals surface area contributed by atoms with Crippen LogP contribution in [0.15, 0.2) is 18.2 Å². The van der Waals surface area contributed by atoms with Gasteiger partial charge in [0, 0.05) is 24.0 Å². The molecule has 0 unspecified atom stereocenters. The van der Waals surface area contributed by atoms with Gasteiger partial charge in [0.25, 0.3) is 5.91 Å². The summed E-state index contributed by atoms with van der Waals surface area (Å²) in [4.78, 5) is 14.1. The number of hydrogen-bond acceptors (Lipinski definition) is 1. The van der Waals surface area contributed by atoms with Crippen molar-refractivity contribution in [2.24, 2.45) is 5.92 Å². The van der Waals surface area contributed by atoms with E-state index >= 15 is 0 Å². The maximum atomic E-state index is 12.3. The Bertz CT molecular complexity index is 442. The fourth-order valence-electron chi connectivity index (χ4n) is 2.12. The molecule has 5 heteroatoms. The Labute approximate surface area is 122 Å². The van der Waals surface area contributed by atoms with Crippen molar-refractivity contribution in [3.8, 4) is 0 Å². The van der Waals surface area contributed by atoms with E-state index in [2.05, 4.69) is 0 Å². The SMILES string of the molecule is O=C(c1cc(Cl)ccc1Cl)N1CCC(CCl)CC1. The van der Waals surface area contributed by atoms with Gasteiger partial charge in [-0.2, -0.15) is 0 Å². The molecule has 1 aromatic carbocycles. The number of hydrogen-bond donors (Lipinski definition) is 0. The number of rotatable bonds is 2. The number of carbonyl (C=O) groups excluding carboxylic acids is 1. The highest BCUT2D eigenvalue weighted by Crippen LogP contribution is 2.25. The molecule has 98 valence electrons. The first-order chi connectivity index (χ1) is 8.61. The lowest BCUT2D eigenvalue weighted by Gasteiger charge is -2.31. The van der Waals surface area contributed by atoms with Crippen LogP contribution < -0.4 is 0 Å². The van der Waals surface area contributed by atoms with Crippen LogP contribution in [-0.4, -0.2) is 29.8 Å². The lowest BCUT2D eigenvalue weighted by atomic mass is 9.98. The van der Waals surface area contributed by atoms with Gasteiger partial charge >= 0.3 is 0 Å². The maximum Gasteiger partial charge on any atom is 0.255 e. The number of alkyl halides is 1. The van der Waals surface area contributed by atoms with Gasteiger partial charge in [-0.1, -0.05) is 23.2 Å². The van der Waals surface area contributed by atoms with Crippen molar-refractivity contribution in [1.82, 2.24) is 4.90 Å². The van der Waals surface area contributed by atoms with Gasteiger partial charge in [-0.15, -0.1) is 11.6 Å². The molecule has 18 heavy (non-hydrogen) atoms. The van der Waals surface area contributed by atoms with Crippen LogP contribution in [0.25, 0.3) is 0 Å². The first kappa shape index (κ1) is 14.0. The molecule has 1 saturated heterocycles. The van der Waals surface area contributed by atoms with Gasteiger partial charge in [-0.05, 0) is 37.0 Å². The molecule has 2 rings (SSSR count). The number of nitrogens with zero attached hydrogens (tertiary/aromatic N) is 1. The van der Waals surface area contributed by atoms with E-state index in [1.807, 2.05) is 4.90 Å². The van der Waals surface area contributed by atoms with Crippen LogP contribution in [0.2, 0.25) is 10.0 Å². The highest BCUT2D eigenvalue weighted by Gasteiger charge is 2.24. The van der Waals surface area contributed by atoms with Crippen molar-refractivity contribution < 1.29 is 4.79 Å². The summed E-state index contributed by atoms with van der Waals surface area (Å²) in [5, 5.41) is 0.974. The lowest BCUT2D eigenvalue weighted by Crippen LogP contribution is -2.38. The van der Waals surface area contributed by atoms with Crippen molar-refractivity contribution >= 4 is 40.7 Å². The van der Waals surface area contributed by atoms with E-state index < -0.39 is 0 Å². The normalized spacial score (nSPS) is 16.9. The van der Waals surface area contributed by atoms with Gasteiger partial charge in [-0.25, -0.2) is 0 Å². The van der Waals surface area contributed by atoms with E-state index in [1.165, 1.54) is 0 Å². The topological polar surface area (TPSA) is 20.3 Å². The van der Waals surface area contributed by atoms with Crippen LogP contribution in [0.3, 0.4) is 0 Å². The fraction of sp³-hybridized carbons (Fsp3) is 0.462. The third kappa shape index (κ3) is 3.11.